The van der Waals surface area contributed by atoms with Gasteiger partial charge in [-0.3, -0.25) is 0 Å². The highest BCUT2D eigenvalue weighted by molar-refractivity contribution is 6.08. The molecule has 9 aromatic rings. The van der Waals surface area contributed by atoms with E-state index in [9.17, 15) is 0 Å². The van der Waals surface area contributed by atoms with Crippen molar-refractivity contribution in [2.24, 2.45) is 0 Å². The van der Waals surface area contributed by atoms with E-state index < -0.39 is 0 Å². The van der Waals surface area contributed by atoms with Crippen molar-refractivity contribution in [2.75, 3.05) is 4.90 Å². The number of hydrogen-bond acceptors (Lipinski definition) is 2. The molecule has 9 rings (SSSR count). The van der Waals surface area contributed by atoms with Gasteiger partial charge >= 0.3 is 0 Å². The zero-order chi connectivity index (χ0) is 33.3. The quantitative estimate of drug-likeness (QED) is 0.173. The second-order valence-electron chi connectivity index (χ2n) is 12.6. The molecule has 0 saturated carbocycles. The molecule has 0 aliphatic rings. The molecular weight excluding hydrogens is 607 g/mol. The molecule has 2 heteroatoms. The van der Waals surface area contributed by atoms with Gasteiger partial charge in [-0.1, -0.05) is 146 Å². The van der Waals surface area contributed by atoms with Crippen LogP contribution in [0.1, 0.15) is 0 Å². The SMILES string of the molecule is c1ccc(-c2ccc(N(c3ccc(-c4ccccc4)cc3)c3ccc4oc5ccc(-c6ccccc6-c6ccccc6)cc5c4c3)cc2)cc1. The van der Waals surface area contributed by atoms with E-state index in [1.165, 1.54) is 38.9 Å². The summed E-state index contributed by atoms with van der Waals surface area (Å²) in [5, 5.41) is 2.18. The molecule has 236 valence electrons. The van der Waals surface area contributed by atoms with E-state index in [0.717, 1.165) is 44.6 Å². The van der Waals surface area contributed by atoms with Gasteiger partial charge in [0.2, 0.25) is 0 Å². The summed E-state index contributed by atoms with van der Waals surface area (Å²) in [5.74, 6) is 0. The first-order valence-electron chi connectivity index (χ1n) is 17.0. The molecule has 0 spiro atoms. The van der Waals surface area contributed by atoms with Crippen molar-refractivity contribution in [2.45, 2.75) is 0 Å². The number of benzene rings is 8. The van der Waals surface area contributed by atoms with Crippen LogP contribution in [0.15, 0.2) is 205 Å². The van der Waals surface area contributed by atoms with Crippen LogP contribution in [0.25, 0.3) is 66.4 Å². The maximum atomic E-state index is 6.42. The van der Waals surface area contributed by atoms with Crippen molar-refractivity contribution in [1.29, 1.82) is 0 Å². The maximum Gasteiger partial charge on any atom is 0.135 e. The van der Waals surface area contributed by atoms with E-state index in [-0.39, 0.29) is 0 Å². The normalized spacial score (nSPS) is 11.2. The van der Waals surface area contributed by atoms with Crippen LogP contribution in [0, 0.1) is 0 Å². The highest BCUT2D eigenvalue weighted by atomic mass is 16.3. The minimum absolute atomic E-state index is 0.871. The molecule has 0 N–H and O–H groups in total. The Morgan fingerprint density at radius 1 is 0.280 bits per heavy atom. The molecule has 1 heterocycles. The molecule has 0 saturated heterocycles. The average molecular weight is 640 g/mol. The number of furan rings is 1. The molecule has 0 fully saturated rings. The largest absolute Gasteiger partial charge is 0.456 e. The van der Waals surface area contributed by atoms with Crippen LogP contribution in [0.3, 0.4) is 0 Å². The van der Waals surface area contributed by atoms with Gasteiger partial charge in [-0.2, -0.15) is 0 Å². The van der Waals surface area contributed by atoms with E-state index in [2.05, 4.69) is 205 Å². The Hall–Kier alpha value is -6.64. The second kappa shape index (κ2) is 12.8. The van der Waals surface area contributed by atoms with Crippen LogP contribution in [0.5, 0.6) is 0 Å². The Morgan fingerprint density at radius 3 is 1.20 bits per heavy atom. The van der Waals surface area contributed by atoms with Crippen LogP contribution in [0.4, 0.5) is 17.1 Å². The molecule has 0 unspecified atom stereocenters. The zero-order valence-electron chi connectivity index (χ0n) is 27.4. The van der Waals surface area contributed by atoms with Crippen LogP contribution in [-0.2, 0) is 0 Å². The van der Waals surface area contributed by atoms with Gasteiger partial charge in [0.15, 0.2) is 0 Å². The minimum Gasteiger partial charge on any atom is -0.456 e. The lowest BCUT2D eigenvalue weighted by Gasteiger charge is -2.26. The van der Waals surface area contributed by atoms with Gasteiger partial charge in [-0.25, -0.2) is 0 Å². The van der Waals surface area contributed by atoms with Crippen molar-refractivity contribution in [3.05, 3.63) is 200 Å². The smallest absolute Gasteiger partial charge is 0.135 e. The molecule has 50 heavy (non-hydrogen) atoms. The molecule has 0 atom stereocenters. The fourth-order valence-corrected chi connectivity index (χ4v) is 6.99. The van der Waals surface area contributed by atoms with Gasteiger partial charge < -0.3 is 9.32 Å². The van der Waals surface area contributed by atoms with Crippen molar-refractivity contribution in [1.82, 2.24) is 0 Å². The molecule has 0 aliphatic carbocycles. The van der Waals surface area contributed by atoms with E-state index in [4.69, 9.17) is 4.42 Å². The second-order valence-corrected chi connectivity index (χ2v) is 12.6. The summed E-state index contributed by atoms with van der Waals surface area (Å²) < 4.78 is 6.42. The summed E-state index contributed by atoms with van der Waals surface area (Å²) >= 11 is 0. The zero-order valence-corrected chi connectivity index (χ0v) is 27.4. The standard InChI is InChI=1S/C48H33NO/c1-4-12-34(13-5-1)36-20-25-40(26-21-36)49(41-27-22-37(23-28-41)35-14-6-2-7-15-35)42-29-31-48-46(33-42)45-32-39(24-30-47(45)50-48)44-19-11-10-18-43(44)38-16-8-3-9-17-38/h1-33H. The number of anilines is 3. The van der Waals surface area contributed by atoms with E-state index in [0.29, 0.717) is 0 Å². The fourth-order valence-electron chi connectivity index (χ4n) is 6.99. The number of nitrogens with zero attached hydrogens (tertiary/aromatic N) is 1. The Morgan fingerprint density at radius 2 is 0.660 bits per heavy atom. The van der Waals surface area contributed by atoms with Gasteiger partial charge in [0, 0.05) is 27.8 Å². The van der Waals surface area contributed by atoms with Gasteiger partial charge in [-0.05, 0) is 99.1 Å². The first-order chi connectivity index (χ1) is 24.8. The predicted octanol–water partition coefficient (Wildman–Crippen LogP) is 13.7. The van der Waals surface area contributed by atoms with E-state index >= 15 is 0 Å². The molecule has 0 amide bonds. The molecule has 8 aromatic carbocycles. The lowest BCUT2D eigenvalue weighted by atomic mass is 9.94. The first-order valence-corrected chi connectivity index (χ1v) is 17.0. The molecular formula is C48H33NO. The molecule has 0 radical (unpaired) electrons. The summed E-state index contributed by atoms with van der Waals surface area (Å²) in [6, 6.07) is 71.0. The van der Waals surface area contributed by atoms with Crippen LogP contribution in [0.2, 0.25) is 0 Å². The monoisotopic (exact) mass is 639 g/mol. The summed E-state index contributed by atoms with van der Waals surface area (Å²) in [6.07, 6.45) is 0. The molecule has 2 nitrogen and oxygen atoms in total. The van der Waals surface area contributed by atoms with Crippen LogP contribution in [-0.4, -0.2) is 0 Å². The maximum absolute atomic E-state index is 6.42. The van der Waals surface area contributed by atoms with Gasteiger partial charge in [0.05, 0.1) is 0 Å². The highest BCUT2D eigenvalue weighted by Gasteiger charge is 2.17. The minimum atomic E-state index is 0.871. The average Bonchev–Trinajstić information content (AvgIpc) is 3.57. The summed E-state index contributed by atoms with van der Waals surface area (Å²) in [4.78, 5) is 2.33. The van der Waals surface area contributed by atoms with Gasteiger partial charge in [0.1, 0.15) is 11.2 Å². The van der Waals surface area contributed by atoms with Crippen LogP contribution >= 0.6 is 0 Å². The Balaban J connectivity index is 1.17. The Kier molecular flexibility index (Phi) is 7.53. The number of fused-ring (bicyclic) bond motifs is 3. The fraction of sp³-hybridized carbons (Fsp3) is 0. The Bertz CT molecular complexity index is 2470. The van der Waals surface area contributed by atoms with Crippen LogP contribution < -0.4 is 4.90 Å². The highest BCUT2D eigenvalue weighted by Crippen LogP contribution is 2.41. The summed E-state index contributed by atoms with van der Waals surface area (Å²) in [5.41, 5.74) is 14.5. The number of rotatable bonds is 7. The van der Waals surface area contributed by atoms with Gasteiger partial charge in [0.25, 0.3) is 0 Å². The van der Waals surface area contributed by atoms with Gasteiger partial charge in [-0.15, -0.1) is 0 Å². The lowest BCUT2D eigenvalue weighted by Crippen LogP contribution is -2.09. The number of hydrogen-bond donors (Lipinski definition) is 0. The van der Waals surface area contributed by atoms with Crippen molar-refractivity contribution in [3.63, 3.8) is 0 Å². The molecule has 0 aliphatic heterocycles. The first kappa shape index (κ1) is 29.5. The third-order valence-electron chi connectivity index (χ3n) is 9.50. The van der Waals surface area contributed by atoms with E-state index in [1.54, 1.807) is 0 Å². The third kappa shape index (κ3) is 5.53. The van der Waals surface area contributed by atoms with Crippen molar-refractivity contribution < 1.29 is 4.42 Å². The molecule has 1 aromatic heterocycles. The molecule has 0 bridgehead atoms. The summed E-state index contributed by atoms with van der Waals surface area (Å²) in [7, 11) is 0. The van der Waals surface area contributed by atoms with Crippen molar-refractivity contribution >= 4 is 39.0 Å². The third-order valence-corrected chi connectivity index (χ3v) is 9.50. The summed E-state index contributed by atoms with van der Waals surface area (Å²) in [6.45, 7) is 0. The topological polar surface area (TPSA) is 16.4 Å². The Labute approximate surface area is 292 Å². The lowest BCUT2D eigenvalue weighted by molar-refractivity contribution is 0.669. The predicted molar refractivity (Wildman–Crippen MR) is 210 cm³/mol. The van der Waals surface area contributed by atoms with E-state index in [1.807, 2.05) is 0 Å². The van der Waals surface area contributed by atoms with Crippen molar-refractivity contribution in [3.8, 4) is 44.5 Å².